The van der Waals surface area contributed by atoms with Gasteiger partial charge < -0.3 is 5.73 Å². The van der Waals surface area contributed by atoms with Crippen LogP contribution in [0, 0.1) is 11.8 Å². The molecule has 1 nitrogen and oxygen atoms in total. The summed E-state index contributed by atoms with van der Waals surface area (Å²) in [6.07, 6.45) is 8.14. The van der Waals surface area contributed by atoms with E-state index >= 15 is 0 Å². The summed E-state index contributed by atoms with van der Waals surface area (Å²) in [6, 6.07) is 0. The second kappa shape index (κ2) is 8.55. The zero-order valence-corrected chi connectivity index (χ0v) is 9.68. The first-order chi connectivity index (χ1) is 6.26. The van der Waals surface area contributed by atoms with Crippen molar-refractivity contribution in [3.63, 3.8) is 0 Å². The zero-order valence-electron chi connectivity index (χ0n) is 9.68. The normalized spacial score (nSPS) is 15.7. The maximum Gasteiger partial charge on any atom is -0.00464 e. The Hall–Kier alpha value is -0.0400. The van der Waals surface area contributed by atoms with E-state index in [1.165, 1.54) is 38.5 Å². The lowest BCUT2D eigenvalue weighted by atomic mass is 9.87. The Morgan fingerprint density at radius 3 is 2.23 bits per heavy atom. The van der Waals surface area contributed by atoms with Gasteiger partial charge in [0.2, 0.25) is 0 Å². The molecule has 0 amide bonds. The van der Waals surface area contributed by atoms with E-state index < -0.39 is 0 Å². The molecule has 2 unspecified atom stereocenters. The van der Waals surface area contributed by atoms with Gasteiger partial charge in [-0.25, -0.2) is 0 Å². The second-order valence-corrected chi connectivity index (χ2v) is 4.23. The van der Waals surface area contributed by atoms with E-state index in [2.05, 4.69) is 20.8 Å². The fourth-order valence-electron chi connectivity index (χ4n) is 1.93. The van der Waals surface area contributed by atoms with E-state index in [4.69, 9.17) is 5.73 Å². The summed E-state index contributed by atoms with van der Waals surface area (Å²) < 4.78 is 0. The SMILES string of the molecule is CCCCCCC(C)C(CC)CN. The average Bonchev–Trinajstić information content (AvgIpc) is 2.14. The first-order valence-corrected chi connectivity index (χ1v) is 5.96. The third-order valence-electron chi connectivity index (χ3n) is 3.14. The van der Waals surface area contributed by atoms with Crippen LogP contribution in [0.5, 0.6) is 0 Å². The number of nitrogens with two attached hydrogens (primary N) is 1. The summed E-state index contributed by atoms with van der Waals surface area (Å²) in [6.45, 7) is 7.73. The third kappa shape index (κ3) is 6.09. The molecule has 0 saturated carbocycles. The summed E-state index contributed by atoms with van der Waals surface area (Å²) in [4.78, 5) is 0. The molecular weight excluding hydrogens is 158 g/mol. The van der Waals surface area contributed by atoms with Gasteiger partial charge in [0.1, 0.15) is 0 Å². The summed E-state index contributed by atoms with van der Waals surface area (Å²) in [5.41, 5.74) is 5.71. The topological polar surface area (TPSA) is 26.0 Å². The second-order valence-electron chi connectivity index (χ2n) is 4.23. The third-order valence-corrected chi connectivity index (χ3v) is 3.14. The minimum atomic E-state index is 0.752. The number of unbranched alkanes of at least 4 members (excludes halogenated alkanes) is 3. The highest BCUT2D eigenvalue weighted by Crippen LogP contribution is 2.20. The Morgan fingerprint density at radius 1 is 1.08 bits per heavy atom. The van der Waals surface area contributed by atoms with Gasteiger partial charge in [0.15, 0.2) is 0 Å². The van der Waals surface area contributed by atoms with Gasteiger partial charge in [0.25, 0.3) is 0 Å². The quantitative estimate of drug-likeness (QED) is 0.575. The van der Waals surface area contributed by atoms with Crippen LogP contribution < -0.4 is 5.73 Å². The molecule has 0 fully saturated rings. The molecule has 0 rings (SSSR count). The van der Waals surface area contributed by atoms with Gasteiger partial charge >= 0.3 is 0 Å². The van der Waals surface area contributed by atoms with Crippen LogP contribution in [0.25, 0.3) is 0 Å². The maximum atomic E-state index is 5.71. The van der Waals surface area contributed by atoms with Gasteiger partial charge in [-0.05, 0) is 18.4 Å². The molecule has 2 N–H and O–H groups in total. The Morgan fingerprint density at radius 2 is 1.77 bits per heavy atom. The molecule has 0 aromatic carbocycles. The Labute approximate surface area is 84.1 Å². The van der Waals surface area contributed by atoms with Crippen LogP contribution in [0.3, 0.4) is 0 Å². The van der Waals surface area contributed by atoms with E-state index in [0.717, 1.165) is 18.4 Å². The Kier molecular flexibility index (Phi) is 8.53. The van der Waals surface area contributed by atoms with Crippen LogP contribution in [0.2, 0.25) is 0 Å². The molecule has 0 saturated heterocycles. The van der Waals surface area contributed by atoms with Crippen molar-refractivity contribution in [1.82, 2.24) is 0 Å². The van der Waals surface area contributed by atoms with Crippen LogP contribution in [0.1, 0.15) is 59.3 Å². The summed E-state index contributed by atoms with van der Waals surface area (Å²) in [7, 11) is 0. The lowest BCUT2D eigenvalue weighted by Crippen LogP contribution is -2.20. The van der Waals surface area contributed by atoms with Gasteiger partial charge in [0.05, 0.1) is 0 Å². The fraction of sp³-hybridized carbons (Fsp3) is 1.00. The van der Waals surface area contributed by atoms with Gasteiger partial charge in [0, 0.05) is 0 Å². The molecule has 0 aliphatic heterocycles. The average molecular weight is 185 g/mol. The fourth-order valence-corrected chi connectivity index (χ4v) is 1.93. The molecule has 0 spiro atoms. The highest BCUT2D eigenvalue weighted by molar-refractivity contribution is 4.65. The molecule has 0 radical (unpaired) electrons. The van der Waals surface area contributed by atoms with Gasteiger partial charge in [-0.15, -0.1) is 0 Å². The van der Waals surface area contributed by atoms with Crippen molar-refractivity contribution < 1.29 is 0 Å². The van der Waals surface area contributed by atoms with Crippen molar-refractivity contribution in [2.45, 2.75) is 59.3 Å². The summed E-state index contributed by atoms with van der Waals surface area (Å²) in [5.74, 6) is 1.58. The number of hydrogen-bond acceptors (Lipinski definition) is 1. The lowest BCUT2D eigenvalue weighted by Gasteiger charge is -2.20. The van der Waals surface area contributed by atoms with E-state index in [0.29, 0.717) is 0 Å². The zero-order chi connectivity index (χ0) is 10.1. The van der Waals surface area contributed by atoms with Crippen molar-refractivity contribution in [2.24, 2.45) is 17.6 Å². The lowest BCUT2D eigenvalue weighted by molar-refractivity contribution is 0.325. The van der Waals surface area contributed by atoms with Gasteiger partial charge in [-0.3, -0.25) is 0 Å². The highest BCUT2D eigenvalue weighted by Gasteiger charge is 2.12. The van der Waals surface area contributed by atoms with Gasteiger partial charge in [-0.2, -0.15) is 0 Å². The predicted octanol–water partition coefficient (Wildman–Crippen LogP) is 3.58. The molecular formula is C12H27N. The van der Waals surface area contributed by atoms with Crippen LogP contribution in [0.4, 0.5) is 0 Å². The molecule has 0 aliphatic rings. The minimum absolute atomic E-state index is 0.752. The Bertz CT molecular complexity index is 97.3. The maximum absolute atomic E-state index is 5.71. The monoisotopic (exact) mass is 185 g/mol. The van der Waals surface area contributed by atoms with Crippen LogP contribution >= 0.6 is 0 Å². The Balaban J connectivity index is 3.42. The molecule has 1 heteroatoms. The van der Waals surface area contributed by atoms with Crippen molar-refractivity contribution in [2.75, 3.05) is 6.54 Å². The minimum Gasteiger partial charge on any atom is -0.330 e. The molecule has 0 aliphatic carbocycles. The number of rotatable bonds is 8. The van der Waals surface area contributed by atoms with Gasteiger partial charge in [-0.1, -0.05) is 59.3 Å². The summed E-state index contributed by atoms with van der Waals surface area (Å²) in [5, 5.41) is 0. The summed E-state index contributed by atoms with van der Waals surface area (Å²) >= 11 is 0. The molecule has 80 valence electrons. The van der Waals surface area contributed by atoms with Crippen LogP contribution in [0.15, 0.2) is 0 Å². The molecule has 0 bridgehead atoms. The van der Waals surface area contributed by atoms with Crippen molar-refractivity contribution in [3.05, 3.63) is 0 Å². The van der Waals surface area contributed by atoms with E-state index in [9.17, 15) is 0 Å². The molecule has 0 aromatic rings. The van der Waals surface area contributed by atoms with Crippen molar-refractivity contribution in [3.8, 4) is 0 Å². The smallest absolute Gasteiger partial charge is 0.00464 e. The van der Waals surface area contributed by atoms with E-state index in [-0.39, 0.29) is 0 Å². The first kappa shape index (κ1) is 13.0. The molecule has 2 atom stereocenters. The largest absolute Gasteiger partial charge is 0.330 e. The number of hydrogen-bond donors (Lipinski definition) is 1. The van der Waals surface area contributed by atoms with E-state index in [1.54, 1.807) is 0 Å². The van der Waals surface area contributed by atoms with Crippen molar-refractivity contribution >= 4 is 0 Å². The highest BCUT2D eigenvalue weighted by atomic mass is 14.5. The van der Waals surface area contributed by atoms with Crippen molar-refractivity contribution in [1.29, 1.82) is 0 Å². The molecule has 0 heterocycles. The molecule has 13 heavy (non-hydrogen) atoms. The predicted molar refractivity (Wildman–Crippen MR) is 60.8 cm³/mol. The standard InChI is InChI=1S/C12H27N/c1-4-6-7-8-9-11(3)12(5-2)10-13/h11-12H,4-10,13H2,1-3H3. The molecule has 0 aromatic heterocycles. The van der Waals surface area contributed by atoms with E-state index in [1.807, 2.05) is 0 Å². The van der Waals surface area contributed by atoms with Crippen LogP contribution in [-0.4, -0.2) is 6.54 Å². The van der Waals surface area contributed by atoms with Crippen LogP contribution in [-0.2, 0) is 0 Å². The first-order valence-electron chi connectivity index (χ1n) is 5.96.